The fourth-order valence-corrected chi connectivity index (χ4v) is 4.07. The molecule has 0 unspecified atom stereocenters. The number of nitrogens with one attached hydrogen (secondary N) is 1. The van der Waals surface area contributed by atoms with E-state index >= 15 is 0 Å². The van der Waals surface area contributed by atoms with E-state index in [2.05, 4.69) is 29.6 Å². The van der Waals surface area contributed by atoms with Crippen molar-refractivity contribution in [1.82, 2.24) is 5.32 Å². The Morgan fingerprint density at radius 2 is 1.84 bits per heavy atom. The summed E-state index contributed by atoms with van der Waals surface area (Å²) >= 11 is 0. The smallest absolute Gasteiger partial charge is 0.307 e. The van der Waals surface area contributed by atoms with Crippen LogP contribution in [-0.2, 0) is 36.4 Å². The molecule has 1 aliphatic rings. The molecule has 4 rings (SSSR count). The van der Waals surface area contributed by atoms with Crippen LogP contribution in [0.3, 0.4) is 0 Å². The van der Waals surface area contributed by atoms with Gasteiger partial charge in [0, 0.05) is 12.1 Å². The van der Waals surface area contributed by atoms with Gasteiger partial charge in [-0.2, -0.15) is 0 Å². The van der Waals surface area contributed by atoms with Gasteiger partial charge in [0.1, 0.15) is 12.4 Å². The van der Waals surface area contributed by atoms with E-state index in [1.54, 1.807) is 26.0 Å². The van der Waals surface area contributed by atoms with Gasteiger partial charge in [-0.05, 0) is 90.5 Å². The maximum atomic E-state index is 11.2. The summed E-state index contributed by atoms with van der Waals surface area (Å²) < 4.78 is 6.02. The highest BCUT2D eigenvalue weighted by molar-refractivity contribution is 5.71. The monoisotopic (exact) mass is 431 g/mol. The first-order chi connectivity index (χ1) is 15.3. The zero-order valence-corrected chi connectivity index (χ0v) is 18.5. The number of hydrogen-bond donors (Lipinski definition) is 3. The molecule has 5 heteroatoms. The predicted molar refractivity (Wildman–Crippen MR) is 125 cm³/mol. The normalized spacial score (nSPS) is 13.5. The Hall–Kier alpha value is -3.15. The predicted octanol–water partition coefficient (Wildman–Crippen LogP) is 4.43. The Labute approximate surface area is 188 Å². The molecule has 0 atom stereocenters. The highest BCUT2D eigenvalue weighted by Crippen LogP contribution is 2.31. The maximum absolute atomic E-state index is 11.2. The molecule has 0 bridgehead atoms. The number of aliphatic carboxylic acids is 1. The lowest BCUT2D eigenvalue weighted by Gasteiger charge is -2.22. The molecular formula is C27H29NO4. The van der Waals surface area contributed by atoms with Crippen molar-refractivity contribution in [2.45, 2.75) is 45.4 Å². The second kappa shape index (κ2) is 9.15. The van der Waals surface area contributed by atoms with E-state index in [4.69, 9.17) is 9.84 Å². The van der Waals surface area contributed by atoms with Crippen molar-refractivity contribution in [3.63, 3.8) is 0 Å². The van der Waals surface area contributed by atoms with Gasteiger partial charge in [-0.3, -0.25) is 4.79 Å². The minimum atomic E-state index is -0.998. The lowest BCUT2D eigenvalue weighted by molar-refractivity contribution is -0.136. The van der Waals surface area contributed by atoms with Gasteiger partial charge in [-0.1, -0.05) is 30.3 Å². The molecule has 0 fully saturated rings. The molecule has 0 aliphatic carbocycles. The first-order valence-corrected chi connectivity index (χ1v) is 10.9. The van der Waals surface area contributed by atoms with Gasteiger partial charge in [0.25, 0.3) is 0 Å². The zero-order valence-electron chi connectivity index (χ0n) is 18.5. The first kappa shape index (κ1) is 22.1. The summed E-state index contributed by atoms with van der Waals surface area (Å²) in [4.78, 5) is 11.2. The van der Waals surface area contributed by atoms with E-state index in [-0.39, 0.29) is 13.0 Å². The summed E-state index contributed by atoms with van der Waals surface area (Å²) in [7, 11) is 0. The van der Waals surface area contributed by atoms with Crippen LogP contribution < -0.4 is 10.1 Å². The zero-order chi connectivity index (χ0) is 22.7. The quantitative estimate of drug-likeness (QED) is 0.516. The van der Waals surface area contributed by atoms with E-state index < -0.39 is 11.6 Å². The third-order valence-corrected chi connectivity index (χ3v) is 5.83. The molecule has 0 saturated heterocycles. The van der Waals surface area contributed by atoms with Crippen LogP contribution in [0.2, 0.25) is 0 Å². The maximum Gasteiger partial charge on any atom is 0.307 e. The summed E-state index contributed by atoms with van der Waals surface area (Å²) in [5.41, 5.74) is 6.18. The number of rotatable bonds is 7. The molecule has 3 aromatic carbocycles. The van der Waals surface area contributed by atoms with Crippen LogP contribution in [0.15, 0.2) is 60.7 Å². The van der Waals surface area contributed by atoms with Crippen molar-refractivity contribution in [3.8, 4) is 16.9 Å². The molecule has 166 valence electrons. The Bertz CT molecular complexity index is 1130. The molecule has 0 amide bonds. The highest BCUT2D eigenvalue weighted by atomic mass is 16.5. The molecule has 0 saturated carbocycles. The molecule has 5 nitrogen and oxygen atoms in total. The second-order valence-electron chi connectivity index (χ2n) is 8.85. The van der Waals surface area contributed by atoms with Gasteiger partial charge in [-0.25, -0.2) is 0 Å². The molecule has 3 N–H and O–H groups in total. The van der Waals surface area contributed by atoms with Gasteiger partial charge in [0.15, 0.2) is 0 Å². The van der Waals surface area contributed by atoms with Gasteiger partial charge in [0.2, 0.25) is 0 Å². The summed E-state index contributed by atoms with van der Waals surface area (Å²) in [5, 5.41) is 23.3. The topological polar surface area (TPSA) is 78.8 Å². The lowest BCUT2D eigenvalue weighted by atomic mass is 9.90. The van der Waals surface area contributed by atoms with Gasteiger partial charge in [0.05, 0.1) is 12.0 Å². The fraction of sp³-hybridized carbons (Fsp3) is 0.296. The van der Waals surface area contributed by atoms with Crippen LogP contribution in [0, 0.1) is 0 Å². The summed E-state index contributed by atoms with van der Waals surface area (Å²) in [5.74, 6) is -0.334. The third kappa shape index (κ3) is 5.18. The van der Waals surface area contributed by atoms with Crippen LogP contribution in [0.5, 0.6) is 5.75 Å². The number of carbonyl (C=O) groups is 1. The second-order valence-corrected chi connectivity index (χ2v) is 8.85. The molecule has 0 spiro atoms. The largest absolute Gasteiger partial charge is 0.489 e. The number of aliphatic hydroxyl groups is 1. The minimum absolute atomic E-state index is 0.0890. The first-order valence-electron chi connectivity index (χ1n) is 10.9. The van der Waals surface area contributed by atoms with E-state index in [1.807, 2.05) is 24.3 Å². The average Bonchev–Trinajstić information content (AvgIpc) is 2.77. The number of ether oxygens (including phenoxy) is 1. The Kier molecular flexibility index (Phi) is 6.31. The SMILES string of the molecule is CC(C)(O)c1cc(COc2ccccc2CC(=O)O)cc(-c2ccc3c(c2)CNCC3)c1. The van der Waals surface area contributed by atoms with Crippen LogP contribution in [0.1, 0.15) is 41.7 Å². The molecular weight excluding hydrogens is 402 g/mol. The average molecular weight is 432 g/mol. The van der Waals surface area contributed by atoms with Crippen LogP contribution >= 0.6 is 0 Å². The standard InChI is InChI=1S/C27H29NO4/c1-27(2,31)24-12-18(17-32-25-6-4-3-5-21(25)15-26(29)30)11-22(14-24)20-8-7-19-9-10-28-16-23(19)13-20/h3-8,11-14,28,31H,9-10,15-17H2,1-2H3,(H,29,30). The minimum Gasteiger partial charge on any atom is -0.489 e. The molecule has 0 radical (unpaired) electrons. The number of fused-ring (bicyclic) bond motifs is 1. The van der Waals surface area contributed by atoms with E-state index in [0.717, 1.165) is 41.8 Å². The number of carboxylic acid groups (broad SMARTS) is 1. The molecule has 32 heavy (non-hydrogen) atoms. The number of benzene rings is 3. The number of hydrogen-bond acceptors (Lipinski definition) is 4. The fourth-order valence-electron chi connectivity index (χ4n) is 4.07. The lowest BCUT2D eigenvalue weighted by Crippen LogP contribution is -2.23. The Morgan fingerprint density at radius 3 is 2.62 bits per heavy atom. The molecule has 3 aromatic rings. The number of carboxylic acids is 1. The van der Waals surface area contributed by atoms with Crippen molar-refractivity contribution < 1.29 is 19.7 Å². The van der Waals surface area contributed by atoms with Crippen LogP contribution in [0.4, 0.5) is 0 Å². The Balaban J connectivity index is 1.65. The highest BCUT2D eigenvalue weighted by Gasteiger charge is 2.19. The van der Waals surface area contributed by atoms with Gasteiger partial charge in [-0.15, -0.1) is 0 Å². The number of para-hydroxylation sites is 1. The summed E-state index contributed by atoms with van der Waals surface area (Å²) in [6.45, 7) is 5.70. The van der Waals surface area contributed by atoms with Crippen molar-refractivity contribution in [3.05, 3.63) is 88.5 Å². The summed E-state index contributed by atoms with van der Waals surface area (Å²) in [6, 6.07) is 19.8. The van der Waals surface area contributed by atoms with Crippen LogP contribution in [0.25, 0.3) is 11.1 Å². The van der Waals surface area contributed by atoms with Crippen molar-refractivity contribution in [2.24, 2.45) is 0 Å². The summed E-state index contributed by atoms with van der Waals surface area (Å²) in [6.07, 6.45) is 0.947. The Morgan fingerprint density at radius 1 is 1.03 bits per heavy atom. The van der Waals surface area contributed by atoms with E-state index in [0.29, 0.717) is 11.3 Å². The molecule has 1 heterocycles. The van der Waals surface area contributed by atoms with Crippen molar-refractivity contribution in [2.75, 3.05) is 6.54 Å². The van der Waals surface area contributed by atoms with E-state index in [1.165, 1.54) is 11.1 Å². The van der Waals surface area contributed by atoms with Gasteiger partial charge < -0.3 is 20.3 Å². The van der Waals surface area contributed by atoms with Crippen molar-refractivity contribution in [1.29, 1.82) is 0 Å². The van der Waals surface area contributed by atoms with Crippen LogP contribution in [-0.4, -0.2) is 22.7 Å². The van der Waals surface area contributed by atoms with Gasteiger partial charge >= 0.3 is 5.97 Å². The van der Waals surface area contributed by atoms with E-state index in [9.17, 15) is 9.90 Å². The molecule has 1 aliphatic heterocycles. The van der Waals surface area contributed by atoms with Crippen molar-refractivity contribution >= 4 is 5.97 Å². The molecule has 0 aromatic heterocycles. The third-order valence-electron chi connectivity index (χ3n) is 5.83.